The van der Waals surface area contributed by atoms with Crippen molar-refractivity contribution in [2.45, 2.75) is 30.8 Å². The molecule has 0 amide bonds. The summed E-state index contributed by atoms with van der Waals surface area (Å²) in [7, 11) is 0. The van der Waals surface area contributed by atoms with Gasteiger partial charge < -0.3 is 9.84 Å². The van der Waals surface area contributed by atoms with Crippen molar-refractivity contribution in [3.63, 3.8) is 0 Å². The van der Waals surface area contributed by atoms with Gasteiger partial charge in [-0.05, 0) is 5.56 Å². The van der Waals surface area contributed by atoms with Gasteiger partial charge in [0, 0.05) is 6.42 Å². The highest BCUT2D eigenvalue weighted by Gasteiger charge is 2.45. The van der Waals surface area contributed by atoms with Crippen LogP contribution in [0.2, 0.25) is 0 Å². The van der Waals surface area contributed by atoms with Gasteiger partial charge in [0.2, 0.25) is 0 Å². The van der Waals surface area contributed by atoms with E-state index in [1.807, 2.05) is 0 Å². The number of carbonyl (C=O) groups excluding carboxylic acids is 1. The fraction of sp³-hybridized carbons (Fsp3) is 0.500. The van der Waals surface area contributed by atoms with Crippen LogP contribution >= 0.6 is 0 Å². The molecule has 1 aromatic carbocycles. The molecule has 0 aromatic heterocycles. The fourth-order valence-corrected chi connectivity index (χ4v) is 2.64. The van der Waals surface area contributed by atoms with Gasteiger partial charge in [0.25, 0.3) is 0 Å². The Morgan fingerprint density at radius 1 is 1.35 bits per heavy atom. The van der Waals surface area contributed by atoms with E-state index in [2.05, 4.69) is 10.2 Å². The first kappa shape index (κ1) is 13.2. The van der Waals surface area contributed by atoms with Crippen LogP contribution in [0.4, 0.5) is 4.39 Å². The van der Waals surface area contributed by atoms with Crippen molar-refractivity contribution >= 4 is 5.97 Å². The Bertz CT molecular complexity index is 522. The monoisotopic (exact) mass is 278 g/mol. The number of azo groups is 1. The molecular weight excluding hydrogens is 263 g/mol. The first-order valence-electron chi connectivity index (χ1n) is 6.61. The predicted molar refractivity (Wildman–Crippen MR) is 67.8 cm³/mol. The Morgan fingerprint density at radius 3 is 2.85 bits per heavy atom. The summed E-state index contributed by atoms with van der Waals surface area (Å²) in [6.07, 6.45) is -3.55. The third-order valence-corrected chi connectivity index (χ3v) is 3.82. The van der Waals surface area contributed by atoms with Gasteiger partial charge in [-0.2, -0.15) is 10.2 Å². The first-order valence-corrected chi connectivity index (χ1v) is 6.61. The Balaban J connectivity index is 1.72. The highest BCUT2D eigenvalue weighted by molar-refractivity contribution is 5.75. The van der Waals surface area contributed by atoms with Crippen LogP contribution in [0.1, 0.15) is 18.2 Å². The van der Waals surface area contributed by atoms with E-state index in [0.717, 1.165) is 0 Å². The number of hydrogen-bond acceptors (Lipinski definition) is 5. The molecule has 3 rings (SSSR count). The number of benzene rings is 1. The average Bonchev–Trinajstić information content (AvgIpc) is 2.95. The van der Waals surface area contributed by atoms with Gasteiger partial charge in [-0.15, -0.1) is 0 Å². The number of rotatable bonds is 3. The van der Waals surface area contributed by atoms with E-state index in [0.29, 0.717) is 18.5 Å². The maximum atomic E-state index is 14.3. The molecule has 0 bridgehead atoms. The third kappa shape index (κ3) is 2.31. The molecule has 6 heteroatoms. The molecule has 0 spiro atoms. The lowest BCUT2D eigenvalue weighted by Gasteiger charge is -2.33. The molecule has 1 fully saturated rings. The van der Waals surface area contributed by atoms with Crippen LogP contribution < -0.4 is 0 Å². The Kier molecular flexibility index (Phi) is 3.48. The molecule has 2 aliphatic heterocycles. The minimum absolute atomic E-state index is 0.293. The molecule has 0 radical (unpaired) electrons. The molecular formula is C14H15FN2O3. The zero-order chi connectivity index (χ0) is 14.1. The zero-order valence-electron chi connectivity index (χ0n) is 10.7. The highest BCUT2D eigenvalue weighted by Crippen LogP contribution is 2.34. The van der Waals surface area contributed by atoms with Gasteiger partial charge in [-0.25, -0.2) is 4.39 Å². The number of nitrogens with zero attached hydrogens (tertiary/aromatic N) is 2. The number of esters is 1. The second kappa shape index (κ2) is 5.28. The standard InChI is InChI=1S/C14H15FN2O3/c15-12(8-4-2-1-3-5-8)13(18)11-6-10-9(7-16-17-10)14(19)20-11/h1-5,9-13,18H,6-7H2/t9?,10?,11-,12?,13+/m1/s1. The molecule has 1 aromatic rings. The Labute approximate surface area is 115 Å². The van der Waals surface area contributed by atoms with Crippen molar-refractivity contribution in [2.75, 3.05) is 6.54 Å². The second-order valence-corrected chi connectivity index (χ2v) is 5.13. The van der Waals surface area contributed by atoms with Gasteiger partial charge >= 0.3 is 5.97 Å². The van der Waals surface area contributed by atoms with E-state index >= 15 is 0 Å². The molecule has 1 N–H and O–H groups in total. The number of ether oxygens (including phenoxy) is 1. The molecule has 5 atom stereocenters. The number of halogens is 1. The van der Waals surface area contributed by atoms with Crippen LogP contribution in [0.25, 0.3) is 0 Å². The summed E-state index contributed by atoms with van der Waals surface area (Å²) < 4.78 is 19.4. The molecule has 1 saturated heterocycles. The van der Waals surface area contributed by atoms with E-state index in [1.165, 1.54) is 0 Å². The lowest BCUT2D eigenvalue weighted by atomic mass is 9.89. The summed E-state index contributed by atoms with van der Waals surface area (Å²) >= 11 is 0. The van der Waals surface area contributed by atoms with Gasteiger partial charge in [0.05, 0.1) is 12.6 Å². The highest BCUT2D eigenvalue weighted by atomic mass is 19.1. The summed E-state index contributed by atoms with van der Waals surface area (Å²) in [5, 5.41) is 17.9. The molecule has 106 valence electrons. The summed E-state index contributed by atoms with van der Waals surface area (Å²) in [6, 6.07) is 8.06. The van der Waals surface area contributed by atoms with Gasteiger partial charge in [0.1, 0.15) is 18.1 Å². The predicted octanol–water partition coefficient (Wildman–Crippen LogP) is 1.82. The van der Waals surface area contributed by atoms with E-state index in [-0.39, 0.29) is 12.0 Å². The largest absolute Gasteiger partial charge is 0.459 e. The SMILES string of the molecule is O=C1O[C@@H]([C@H](O)C(F)c2ccccc2)CC2N=NCC12. The van der Waals surface area contributed by atoms with Crippen molar-refractivity contribution < 1.29 is 19.0 Å². The number of carbonyl (C=O) groups is 1. The minimum atomic E-state index is -1.59. The van der Waals surface area contributed by atoms with Gasteiger partial charge in [-0.1, -0.05) is 30.3 Å². The van der Waals surface area contributed by atoms with Crippen LogP contribution in [0, 0.1) is 5.92 Å². The van der Waals surface area contributed by atoms with Crippen molar-refractivity contribution in [1.29, 1.82) is 0 Å². The van der Waals surface area contributed by atoms with Crippen molar-refractivity contribution in [3.05, 3.63) is 35.9 Å². The Hall–Kier alpha value is -1.82. The summed E-state index contributed by atoms with van der Waals surface area (Å²) in [5.41, 5.74) is 0.367. The van der Waals surface area contributed by atoms with Crippen LogP contribution in [0.5, 0.6) is 0 Å². The summed E-state index contributed by atoms with van der Waals surface area (Å²) in [6.45, 7) is 0.323. The Morgan fingerprint density at radius 2 is 2.10 bits per heavy atom. The molecule has 0 saturated carbocycles. The lowest BCUT2D eigenvalue weighted by Crippen LogP contribution is -2.46. The van der Waals surface area contributed by atoms with Crippen molar-refractivity contribution in [2.24, 2.45) is 16.1 Å². The minimum Gasteiger partial charge on any atom is -0.459 e. The maximum Gasteiger partial charge on any atom is 0.313 e. The number of aliphatic hydroxyl groups excluding tert-OH is 1. The maximum absolute atomic E-state index is 14.3. The number of fused-ring (bicyclic) bond motifs is 1. The summed E-state index contributed by atoms with van der Waals surface area (Å²) in [5.74, 6) is -0.816. The van der Waals surface area contributed by atoms with E-state index in [4.69, 9.17) is 4.74 Å². The van der Waals surface area contributed by atoms with Crippen LogP contribution in [-0.2, 0) is 9.53 Å². The zero-order valence-corrected chi connectivity index (χ0v) is 10.7. The molecule has 2 heterocycles. The molecule has 0 aliphatic carbocycles. The fourth-order valence-electron chi connectivity index (χ4n) is 2.64. The normalized spacial score (nSPS) is 31.5. The lowest BCUT2D eigenvalue weighted by molar-refractivity contribution is -0.171. The van der Waals surface area contributed by atoms with Gasteiger partial charge in [0.15, 0.2) is 6.17 Å². The number of cyclic esters (lactones) is 1. The number of aliphatic hydroxyl groups is 1. The van der Waals surface area contributed by atoms with Crippen molar-refractivity contribution in [1.82, 2.24) is 0 Å². The van der Waals surface area contributed by atoms with Crippen LogP contribution in [0.15, 0.2) is 40.6 Å². The molecule has 3 unspecified atom stereocenters. The quantitative estimate of drug-likeness (QED) is 0.857. The van der Waals surface area contributed by atoms with Crippen LogP contribution in [0.3, 0.4) is 0 Å². The van der Waals surface area contributed by atoms with Crippen LogP contribution in [-0.4, -0.2) is 35.9 Å². The summed E-state index contributed by atoms with van der Waals surface area (Å²) in [4.78, 5) is 11.8. The van der Waals surface area contributed by atoms with Crippen molar-refractivity contribution in [3.8, 4) is 0 Å². The van der Waals surface area contributed by atoms with Gasteiger partial charge in [-0.3, -0.25) is 4.79 Å². The second-order valence-electron chi connectivity index (χ2n) is 5.13. The molecule has 20 heavy (non-hydrogen) atoms. The van der Waals surface area contributed by atoms with E-state index in [1.54, 1.807) is 30.3 Å². The van der Waals surface area contributed by atoms with E-state index in [9.17, 15) is 14.3 Å². The average molecular weight is 278 g/mol. The van der Waals surface area contributed by atoms with E-state index < -0.39 is 24.3 Å². The number of alkyl halides is 1. The number of hydrogen-bond donors (Lipinski definition) is 1. The molecule has 2 aliphatic rings. The molecule has 5 nitrogen and oxygen atoms in total. The first-order chi connectivity index (χ1) is 9.66. The smallest absolute Gasteiger partial charge is 0.313 e. The topological polar surface area (TPSA) is 71.2 Å². The third-order valence-electron chi connectivity index (χ3n) is 3.82.